The van der Waals surface area contributed by atoms with Crippen LogP contribution in [0.4, 0.5) is 0 Å². The van der Waals surface area contributed by atoms with Crippen molar-refractivity contribution in [3.05, 3.63) is 68.7 Å². The van der Waals surface area contributed by atoms with Crippen LogP contribution in [0, 0.1) is 6.92 Å². The topological polar surface area (TPSA) is 12.0 Å². The van der Waals surface area contributed by atoms with E-state index in [1.54, 1.807) is 0 Å². The van der Waals surface area contributed by atoms with Gasteiger partial charge in [-0.05, 0) is 36.7 Å². The largest absolute Gasteiger partial charge is 0.306 e. The molecule has 2 aromatic carbocycles. The van der Waals surface area contributed by atoms with Crippen molar-refractivity contribution in [2.45, 2.75) is 19.9 Å². The van der Waals surface area contributed by atoms with Gasteiger partial charge in [0.25, 0.3) is 0 Å². The Balaban J connectivity index is 2.45. The Labute approximate surface area is 128 Å². The van der Waals surface area contributed by atoms with Crippen molar-refractivity contribution < 1.29 is 0 Å². The summed E-state index contributed by atoms with van der Waals surface area (Å²) in [7, 11) is 0. The monoisotopic (exact) mass is 337 g/mol. The molecule has 2 aromatic rings. The highest BCUT2D eigenvalue weighted by atomic mass is 79.9. The summed E-state index contributed by atoms with van der Waals surface area (Å²) in [6, 6.07) is 14.7. The Bertz CT molecular complexity index is 568. The van der Waals surface area contributed by atoms with Crippen LogP contribution < -0.4 is 5.32 Å². The number of hydrogen-bond acceptors (Lipinski definition) is 1. The minimum Gasteiger partial charge on any atom is -0.306 e. The predicted molar refractivity (Wildman–Crippen MR) is 85.9 cm³/mol. The van der Waals surface area contributed by atoms with E-state index in [0.29, 0.717) is 0 Å². The van der Waals surface area contributed by atoms with E-state index in [4.69, 9.17) is 11.6 Å². The quantitative estimate of drug-likeness (QED) is 0.817. The lowest BCUT2D eigenvalue weighted by Gasteiger charge is -2.21. The van der Waals surface area contributed by atoms with Crippen LogP contribution in [0.25, 0.3) is 0 Å². The van der Waals surface area contributed by atoms with Gasteiger partial charge in [0.15, 0.2) is 0 Å². The van der Waals surface area contributed by atoms with Crippen LogP contribution >= 0.6 is 27.5 Å². The van der Waals surface area contributed by atoms with Gasteiger partial charge in [0.05, 0.1) is 6.04 Å². The van der Waals surface area contributed by atoms with Gasteiger partial charge in [-0.1, -0.05) is 70.3 Å². The fourth-order valence-corrected chi connectivity index (χ4v) is 3.11. The maximum absolute atomic E-state index is 6.02. The summed E-state index contributed by atoms with van der Waals surface area (Å²) >= 11 is 9.63. The van der Waals surface area contributed by atoms with Gasteiger partial charge >= 0.3 is 0 Å². The van der Waals surface area contributed by atoms with E-state index >= 15 is 0 Å². The molecule has 0 bridgehead atoms. The first-order chi connectivity index (χ1) is 9.11. The van der Waals surface area contributed by atoms with Crippen molar-refractivity contribution in [1.29, 1.82) is 0 Å². The highest BCUT2D eigenvalue weighted by molar-refractivity contribution is 9.10. The van der Waals surface area contributed by atoms with Gasteiger partial charge in [-0.3, -0.25) is 0 Å². The zero-order valence-corrected chi connectivity index (χ0v) is 13.4. The highest BCUT2D eigenvalue weighted by Crippen LogP contribution is 2.31. The maximum atomic E-state index is 6.02. The summed E-state index contributed by atoms with van der Waals surface area (Å²) < 4.78 is 1.03. The zero-order chi connectivity index (χ0) is 13.8. The van der Waals surface area contributed by atoms with Crippen LogP contribution in [0.5, 0.6) is 0 Å². The lowest BCUT2D eigenvalue weighted by Crippen LogP contribution is -2.22. The van der Waals surface area contributed by atoms with Gasteiger partial charge in [0.2, 0.25) is 0 Å². The average molecular weight is 339 g/mol. The molecule has 1 N–H and O–H groups in total. The molecule has 1 atom stereocenters. The Hall–Kier alpha value is -0.830. The maximum Gasteiger partial charge on any atom is 0.0587 e. The molecule has 0 saturated carbocycles. The van der Waals surface area contributed by atoms with E-state index in [0.717, 1.165) is 16.0 Å². The molecular formula is C16H17BrClN. The Morgan fingerprint density at radius 3 is 2.63 bits per heavy atom. The lowest BCUT2D eigenvalue weighted by molar-refractivity contribution is 0.628. The van der Waals surface area contributed by atoms with Gasteiger partial charge in [-0.25, -0.2) is 0 Å². The third-order valence-corrected chi connectivity index (χ3v) is 3.98. The molecule has 100 valence electrons. The lowest BCUT2D eigenvalue weighted by atomic mass is 9.97. The molecule has 0 saturated heterocycles. The van der Waals surface area contributed by atoms with E-state index < -0.39 is 0 Å². The minimum absolute atomic E-state index is 0.177. The van der Waals surface area contributed by atoms with Crippen LogP contribution in [-0.4, -0.2) is 6.54 Å². The first-order valence-corrected chi connectivity index (χ1v) is 7.54. The summed E-state index contributed by atoms with van der Waals surface area (Å²) in [5.41, 5.74) is 3.74. The molecule has 0 radical (unpaired) electrons. The third-order valence-electron chi connectivity index (χ3n) is 3.06. The second-order valence-electron chi connectivity index (χ2n) is 4.57. The molecule has 1 nitrogen and oxygen atoms in total. The molecule has 0 amide bonds. The first-order valence-electron chi connectivity index (χ1n) is 6.36. The van der Waals surface area contributed by atoms with Gasteiger partial charge in [0, 0.05) is 9.50 Å². The van der Waals surface area contributed by atoms with E-state index in [9.17, 15) is 0 Å². The summed E-state index contributed by atoms with van der Waals surface area (Å²) in [5, 5.41) is 4.28. The van der Waals surface area contributed by atoms with Crippen molar-refractivity contribution in [2.24, 2.45) is 0 Å². The number of rotatable bonds is 4. The third kappa shape index (κ3) is 3.59. The normalized spacial score (nSPS) is 12.4. The Kier molecular flexibility index (Phi) is 5.03. The first kappa shape index (κ1) is 14.6. The second kappa shape index (κ2) is 6.56. The molecule has 3 heteroatoms. The Morgan fingerprint density at radius 2 is 2.00 bits per heavy atom. The van der Waals surface area contributed by atoms with Crippen molar-refractivity contribution in [2.75, 3.05) is 6.54 Å². The van der Waals surface area contributed by atoms with E-state index in [1.807, 2.05) is 12.1 Å². The van der Waals surface area contributed by atoms with Crippen LogP contribution in [0.2, 0.25) is 5.02 Å². The van der Waals surface area contributed by atoms with Gasteiger partial charge in [-0.15, -0.1) is 0 Å². The number of aryl methyl sites for hydroxylation is 1. The molecule has 0 heterocycles. The van der Waals surface area contributed by atoms with Crippen molar-refractivity contribution >= 4 is 27.5 Å². The molecule has 0 aliphatic carbocycles. The molecular weight excluding hydrogens is 322 g/mol. The molecule has 2 rings (SSSR count). The van der Waals surface area contributed by atoms with E-state index in [1.165, 1.54) is 16.7 Å². The van der Waals surface area contributed by atoms with Gasteiger partial charge < -0.3 is 5.32 Å². The smallest absolute Gasteiger partial charge is 0.0587 e. The SMILES string of the molecule is CCNC(c1cccc(C)c1)c1ccc(Cl)cc1Br. The molecule has 0 spiro atoms. The number of hydrogen-bond donors (Lipinski definition) is 1. The van der Waals surface area contributed by atoms with Gasteiger partial charge in [-0.2, -0.15) is 0 Å². The van der Waals surface area contributed by atoms with Crippen molar-refractivity contribution in [1.82, 2.24) is 5.32 Å². The number of benzene rings is 2. The van der Waals surface area contributed by atoms with Crippen molar-refractivity contribution in [3.63, 3.8) is 0 Å². The molecule has 0 aliphatic heterocycles. The van der Waals surface area contributed by atoms with E-state index in [-0.39, 0.29) is 6.04 Å². The van der Waals surface area contributed by atoms with Crippen molar-refractivity contribution in [3.8, 4) is 0 Å². The van der Waals surface area contributed by atoms with Crippen LogP contribution in [0.15, 0.2) is 46.9 Å². The molecule has 0 aliphatic rings. The van der Waals surface area contributed by atoms with Crippen LogP contribution in [0.1, 0.15) is 29.7 Å². The number of halogens is 2. The fraction of sp³-hybridized carbons (Fsp3) is 0.250. The summed E-state index contributed by atoms with van der Waals surface area (Å²) in [5.74, 6) is 0. The average Bonchev–Trinajstić information content (AvgIpc) is 2.37. The highest BCUT2D eigenvalue weighted by Gasteiger charge is 2.16. The summed E-state index contributed by atoms with van der Waals surface area (Å²) in [6.45, 7) is 5.14. The Morgan fingerprint density at radius 1 is 1.21 bits per heavy atom. The van der Waals surface area contributed by atoms with Crippen LogP contribution in [-0.2, 0) is 0 Å². The molecule has 1 unspecified atom stereocenters. The standard InChI is InChI=1S/C16H17BrClN/c1-3-19-16(12-6-4-5-11(2)9-12)14-8-7-13(18)10-15(14)17/h4-10,16,19H,3H2,1-2H3. The zero-order valence-electron chi connectivity index (χ0n) is 11.1. The predicted octanol–water partition coefficient (Wildman–Crippen LogP) is 5.11. The van der Waals surface area contributed by atoms with Gasteiger partial charge in [0.1, 0.15) is 0 Å². The summed E-state index contributed by atoms with van der Waals surface area (Å²) in [6.07, 6.45) is 0. The summed E-state index contributed by atoms with van der Waals surface area (Å²) in [4.78, 5) is 0. The second-order valence-corrected chi connectivity index (χ2v) is 5.86. The number of nitrogens with one attached hydrogen (secondary N) is 1. The van der Waals surface area contributed by atoms with Crippen LogP contribution in [0.3, 0.4) is 0 Å². The molecule has 0 aromatic heterocycles. The minimum atomic E-state index is 0.177. The van der Waals surface area contributed by atoms with E-state index in [2.05, 4.69) is 65.4 Å². The molecule has 0 fully saturated rings. The fourth-order valence-electron chi connectivity index (χ4n) is 2.20. The molecule has 19 heavy (non-hydrogen) atoms.